The molecule has 22 heavy (non-hydrogen) atoms. The van der Waals surface area contributed by atoms with Gasteiger partial charge >= 0.3 is 11.9 Å². The van der Waals surface area contributed by atoms with Gasteiger partial charge in [0.1, 0.15) is 0 Å². The van der Waals surface area contributed by atoms with Crippen molar-refractivity contribution < 1.29 is 29.3 Å². The summed E-state index contributed by atoms with van der Waals surface area (Å²) in [6.07, 6.45) is 3.22. The van der Waals surface area contributed by atoms with Gasteiger partial charge < -0.3 is 30.3 Å². The minimum atomic E-state index is -1.82. The van der Waals surface area contributed by atoms with Crippen molar-refractivity contribution in [3.05, 3.63) is 0 Å². The van der Waals surface area contributed by atoms with Gasteiger partial charge in [0.05, 0.1) is 25.4 Å². The van der Waals surface area contributed by atoms with Crippen molar-refractivity contribution in [3.63, 3.8) is 0 Å². The van der Waals surface area contributed by atoms with E-state index in [9.17, 15) is 0 Å². The summed E-state index contributed by atoms with van der Waals surface area (Å²) in [5, 5.41) is 21.3. The molecule has 8 nitrogen and oxygen atoms in total. The lowest BCUT2D eigenvalue weighted by Crippen LogP contribution is -2.37. The third-order valence-electron chi connectivity index (χ3n) is 3.10. The Hall–Kier alpha value is -1.22. The number of hydrogen-bond acceptors (Lipinski definition) is 6. The molecule has 0 aliphatic carbocycles. The third kappa shape index (κ3) is 11.4. The molecule has 2 aliphatic rings. The number of hydrogen-bond donors (Lipinski definition) is 4. The zero-order chi connectivity index (χ0) is 16.8. The van der Waals surface area contributed by atoms with E-state index >= 15 is 0 Å². The molecule has 0 amide bonds. The first-order valence-corrected chi connectivity index (χ1v) is 7.62. The van der Waals surface area contributed by atoms with Crippen molar-refractivity contribution >= 4 is 11.9 Å². The molecule has 0 saturated carbocycles. The number of morpholine rings is 2. The van der Waals surface area contributed by atoms with E-state index in [1.165, 1.54) is 0 Å². The molecule has 0 bridgehead atoms. The lowest BCUT2D eigenvalue weighted by atomic mass is 10.2. The number of carboxylic acids is 2. The quantitative estimate of drug-likeness (QED) is 0.522. The van der Waals surface area contributed by atoms with Gasteiger partial charge in [-0.15, -0.1) is 0 Å². The van der Waals surface area contributed by atoms with Crippen LogP contribution in [0.3, 0.4) is 0 Å². The van der Waals surface area contributed by atoms with Crippen LogP contribution >= 0.6 is 0 Å². The van der Waals surface area contributed by atoms with E-state index in [-0.39, 0.29) is 0 Å². The largest absolute Gasteiger partial charge is 0.473 e. The van der Waals surface area contributed by atoms with Crippen LogP contribution in [0.15, 0.2) is 0 Å². The van der Waals surface area contributed by atoms with Gasteiger partial charge in [0.15, 0.2) is 0 Å². The van der Waals surface area contributed by atoms with Crippen LogP contribution in [0.5, 0.6) is 0 Å². The summed E-state index contributed by atoms with van der Waals surface area (Å²) in [6.45, 7) is 10.2. The summed E-state index contributed by atoms with van der Waals surface area (Å²) in [6, 6.07) is 0. The summed E-state index contributed by atoms with van der Waals surface area (Å²) < 4.78 is 10.7. The molecular formula is C14H28N2O6. The second kappa shape index (κ2) is 13.4. The molecule has 0 aromatic heterocycles. The molecule has 130 valence electrons. The third-order valence-corrected chi connectivity index (χ3v) is 3.10. The number of aliphatic carboxylic acids is 2. The molecule has 2 fully saturated rings. The van der Waals surface area contributed by atoms with Crippen LogP contribution in [0.1, 0.15) is 26.7 Å². The molecule has 0 unspecified atom stereocenters. The van der Waals surface area contributed by atoms with E-state index in [2.05, 4.69) is 24.5 Å². The fourth-order valence-corrected chi connectivity index (χ4v) is 1.76. The van der Waals surface area contributed by atoms with Crippen LogP contribution in [-0.4, -0.2) is 73.8 Å². The number of nitrogens with one attached hydrogen (secondary N) is 2. The first-order valence-electron chi connectivity index (χ1n) is 7.62. The fourth-order valence-electron chi connectivity index (χ4n) is 1.76. The van der Waals surface area contributed by atoms with Gasteiger partial charge in [-0.1, -0.05) is 13.8 Å². The second-order valence-electron chi connectivity index (χ2n) is 4.82. The molecule has 2 aliphatic heterocycles. The fraction of sp³-hybridized carbons (Fsp3) is 0.857. The molecule has 2 saturated heterocycles. The molecule has 0 aromatic carbocycles. The van der Waals surface area contributed by atoms with Gasteiger partial charge in [0.25, 0.3) is 0 Å². The minimum absolute atomic E-state index is 0.476. The van der Waals surface area contributed by atoms with Crippen molar-refractivity contribution in [1.82, 2.24) is 10.6 Å². The Morgan fingerprint density at radius 1 is 0.909 bits per heavy atom. The highest BCUT2D eigenvalue weighted by molar-refractivity contribution is 6.27. The Bertz CT molecular complexity index is 272. The zero-order valence-corrected chi connectivity index (χ0v) is 13.3. The molecule has 2 atom stereocenters. The van der Waals surface area contributed by atoms with Crippen LogP contribution in [0, 0.1) is 0 Å². The maximum absolute atomic E-state index is 9.10. The normalized spacial score (nSPS) is 24.1. The maximum atomic E-state index is 9.10. The van der Waals surface area contributed by atoms with Crippen molar-refractivity contribution in [2.75, 3.05) is 39.4 Å². The van der Waals surface area contributed by atoms with Crippen molar-refractivity contribution in [2.45, 2.75) is 38.9 Å². The van der Waals surface area contributed by atoms with Gasteiger partial charge in [-0.25, -0.2) is 9.59 Å². The Labute approximate surface area is 131 Å². The van der Waals surface area contributed by atoms with Gasteiger partial charge in [0, 0.05) is 26.2 Å². The highest BCUT2D eigenvalue weighted by Crippen LogP contribution is 1.99. The number of carbonyl (C=O) groups is 2. The lowest BCUT2D eigenvalue weighted by molar-refractivity contribution is -0.159. The summed E-state index contributed by atoms with van der Waals surface area (Å²) in [7, 11) is 0. The van der Waals surface area contributed by atoms with Crippen LogP contribution in [0.2, 0.25) is 0 Å². The molecule has 0 radical (unpaired) electrons. The predicted molar refractivity (Wildman–Crippen MR) is 81.1 cm³/mol. The summed E-state index contributed by atoms with van der Waals surface area (Å²) >= 11 is 0. The standard InChI is InChI=1S/2C6H13NO.C2H2O4/c2*1-2-6-5-7-3-4-8-6;3-1(4)2(5)6/h2*6-7H,2-5H2,1H3;(H,3,4)(H,5,6)/t2*6-;/m11./s1. The van der Waals surface area contributed by atoms with E-state index in [4.69, 9.17) is 29.3 Å². The summed E-state index contributed by atoms with van der Waals surface area (Å²) in [5.74, 6) is -3.65. The van der Waals surface area contributed by atoms with E-state index in [1.807, 2.05) is 0 Å². The van der Waals surface area contributed by atoms with Crippen molar-refractivity contribution in [1.29, 1.82) is 0 Å². The van der Waals surface area contributed by atoms with Gasteiger partial charge in [0.2, 0.25) is 0 Å². The Kier molecular flexibility index (Phi) is 12.7. The molecule has 2 rings (SSSR count). The number of carboxylic acid groups (broad SMARTS) is 2. The molecule has 8 heteroatoms. The van der Waals surface area contributed by atoms with E-state index in [0.29, 0.717) is 12.2 Å². The highest BCUT2D eigenvalue weighted by Gasteiger charge is 2.09. The summed E-state index contributed by atoms with van der Waals surface area (Å²) in [5.41, 5.74) is 0. The molecule has 0 spiro atoms. The van der Waals surface area contributed by atoms with Crippen LogP contribution in [-0.2, 0) is 19.1 Å². The van der Waals surface area contributed by atoms with Crippen LogP contribution in [0.25, 0.3) is 0 Å². The lowest BCUT2D eigenvalue weighted by Gasteiger charge is -2.21. The van der Waals surface area contributed by atoms with Crippen molar-refractivity contribution in [2.24, 2.45) is 0 Å². The number of rotatable bonds is 2. The SMILES string of the molecule is CC[C@@H]1CNCCO1.CC[C@@H]1CNCCO1.O=C(O)C(=O)O. The Morgan fingerprint density at radius 3 is 1.41 bits per heavy atom. The zero-order valence-electron chi connectivity index (χ0n) is 13.3. The van der Waals surface area contributed by atoms with Gasteiger partial charge in [-0.05, 0) is 12.8 Å². The van der Waals surface area contributed by atoms with E-state index < -0.39 is 11.9 Å². The monoisotopic (exact) mass is 320 g/mol. The van der Waals surface area contributed by atoms with Crippen LogP contribution in [0.4, 0.5) is 0 Å². The molecule has 2 heterocycles. The van der Waals surface area contributed by atoms with Crippen molar-refractivity contribution in [3.8, 4) is 0 Å². The highest BCUT2D eigenvalue weighted by atomic mass is 16.5. The molecular weight excluding hydrogens is 292 g/mol. The van der Waals surface area contributed by atoms with E-state index in [1.54, 1.807) is 0 Å². The maximum Gasteiger partial charge on any atom is 0.414 e. The first-order chi connectivity index (χ1) is 10.5. The average Bonchev–Trinajstić information content (AvgIpc) is 2.57. The number of ether oxygens (including phenoxy) is 2. The van der Waals surface area contributed by atoms with Crippen LogP contribution < -0.4 is 10.6 Å². The summed E-state index contributed by atoms with van der Waals surface area (Å²) in [4.78, 5) is 18.2. The average molecular weight is 320 g/mol. The second-order valence-corrected chi connectivity index (χ2v) is 4.82. The van der Waals surface area contributed by atoms with Gasteiger partial charge in [-0.3, -0.25) is 0 Å². The Balaban J connectivity index is 0.000000306. The molecule has 4 N–H and O–H groups in total. The minimum Gasteiger partial charge on any atom is -0.473 e. The van der Waals surface area contributed by atoms with Gasteiger partial charge in [-0.2, -0.15) is 0 Å². The Morgan fingerprint density at radius 2 is 1.27 bits per heavy atom. The first kappa shape index (κ1) is 20.8. The molecule has 0 aromatic rings. The smallest absolute Gasteiger partial charge is 0.414 e. The topological polar surface area (TPSA) is 117 Å². The van der Waals surface area contributed by atoms with E-state index in [0.717, 1.165) is 52.2 Å². The predicted octanol–water partition coefficient (Wildman–Crippen LogP) is -0.0748.